The van der Waals surface area contributed by atoms with Gasteiger partial charge in [-0.15, -0.1) is 0 Å². The Bertz CT molecular complexity index is 1060. The summed E-state index contributed by atoms with van der Waals surface area (Å²) >= 11 is 12.0. The standard InChI is InChI=1S/C23H19Cl2N2O2P/c1-18(28)27(26-17-5-8-19-6-3-2-4-7-19)30(29,22-13-9-20(24)10-14-22)23-15-11-21(25)12-16-23/h2-17H,1H3/b8-5+,26-17+. The van der Waals surface area contributed by atoms with E-state index < -0.39 is 13.2 Å². The number of carbonyl (C=O) groups excluding carboxylic acids is 1. The smallest absolute Gasteiger partial charge is 0.251 e. The van der Waals surface area contributed by atoms with Crippen LogP contribution in [0.1, 0.15) is 12.5 Å². The van der Waals surface area contributed by atoms with Gasteiger partial charge >= 0.3 is 0 Å². The molecule has 0 saturated carbocycles. The first-order valence-electron chi connectivity index (χ1n) is 9.10. The molecule has 0 aliphatic heterocycles. The van der Waals surface area contributed by atoms with Crippen LogP contribution in [0.3, 0.4) is 0 Å². The van der Waals surface area contributed by atoms with Gasteiger partial charge in [0.15, 0.2) is 0 Å². The summed E-state index contributed by atoms with van der Waals surface area (Å²) in [5, 5.41) is 6.14. The van der Waals surface area contributed by atoms with E-state index in [-0.39, 0.29) is 0 Å². The van der Waals surface area contributed by atoms with Gasteiger partial charge in [0.2, 0.25) is 5.91 Å². The molecule has 0 radical (unpaired) electrons. The third kappa shape index (κ3) is 5.09. The number of nitrogens with zero attached hydrogens (tertiary/aromatic N) is 2. The molecular formula is C23H19Cl2N2O2P. The molecule has 152 valence electrons. The van der Waals surface area contributed by atoms with Crippen molar-refractivity contribution in [1.82, 2.24) is 4.78 Å². The van der Waals surface area contributed by atoms with Crippen LogP contribution in [0.25, 0.3) is 6.08 Å². The molecule has 0 N–H and O–H groups in total. The fraction of sp³-hybridized carbons (Fsp3) is 0.0435. The van der Waals surface area contributed by atoms with Gasteiger partial charge in [0.05, 0.1) is 0 Å². The average Bonchev–Trinajstić information content (AvgIpc) is 2.74. The largest absolute Gasteiger partial charge is 0.288 e. The quantitative estimate of drug-likeness (QED) is 0.268. The molecule has 1 amide bonds. The Morgan fingerprint density at radius 3 is 1.83 bits per heavy atom. The molecule has 0 heterocycles. The molecular weight excluding hydrogens is 438 g/mol. The van der Waals surface area contributed by atoms with Crippen LogP contribution < -0.4 is 10.6 Å². The predicted octanol–water partition coefficient (Wildman–Crippen LogP) is 5.77. The summed E-state index contributed by atoms with van der Waals surface area (Å²) in [5.41, 5.74) is 0.983. The lowest BCUT2D eigenvalue weighted by Gasteiger charge is -2.27. The molecule has 0 saturated heterocycles. The molecule has 0 atom stereocenters. The zero-order valence-electron chi connectivity index (χ0n) is 16.2. The van der Waals surface area contributed by atoms with E-state index >= 15 is 0 Å². The Kier molecular flexibility index (Phi) is 7.28. The van der Waals surface area contributed by atoms with Crippen molar-refractivity contribution in [1.29, 1.82) is 0 Å². The first-order valence-corrected chi connectivity index (χ1v) is 11.5. The summed E-state index contributed by atoms with van der Waals surface area (Å²) in [6.07, 6.45) is 4.99. The third-order valence-corrected chi connectivity index (χ3v) is 7.67. The Morgan fingerprint density at radius 1 is 0.867 bits per heavy atom. The summed E-state index contributed by atoms with van der Waals surface area (Å²) in [6, 6.07) is 22.8. The van der Waals surface area contributed by atoms with Gasteiger partial charge in [-0.25, -0.2) is 0 Å². The van der Waals surface area contributed by atoms with Crippen molar-refractivity contribution < 1.29 is 9.36 Å². The molecule has 30 heavy (non-hydrogen) atoms. The first-order chi connectivity index (χ1) is 14.4. The van der Waals surface area contributed by atoms with Crippen molar-refractivity contribution in [2.45, 2.75) is 6.92 Å². The molecule has 0 spiro atoms. The van der Waals surface area contributed by atoms with Crippen molar-refractivity contribution in [3.05, 3.63) is 101 Å². The number of halogens is 2. The molecule has 0 aromatic heterocycles. The number of hydrogen-bond acceptors (Lipinski definition) is 3. The summed E-state index contributed by atoms with van der Waals surface area (Å²) in [4.78, 5) is 12.5. The van der Waals surface area contributed by atoms with E-state index in [1.165, 1.54) is 13.1 Å². The van der Waals surface area contributed by atoms with Crippen LogP contribution in [0, 0.1) is 0 Å². The van der Waals surface area contributed by atoms with Crippen LogP contribution in [0.5, 0.6) is 0 Å². The van der Waals surface area contributed by atoms with Crippen molar-refractivity contribution >= 4 is 59.3 Å². The molecule has 0 aliphatic rings. The number of allylic oxidation sites excluding steroid dienone is 1. The molecule has 3 aromatic carbocycles. The van der Waals surface area contributed by atoms with E-state index in [1.54, 1.807) is 54.6 Å². The van der Waals surface area contributed by atoms with Gasteiger partial charge in [0.25, 0.3) is 7.29 Å². The number of amides is 1. The van der Waals surface area contributed by atoms with Crippen LogP contribution in [0.15, 0.2) is 90.0 Å². The molecule has 3 rings (SSSR count). The summed E-state index contributed by atoms with van der Waals surface area (Å²) < 4.78 is 15.4. The highest BCUT2D eigenvalue weighted by Crippen LogP contribution is 2.48. The fourth-order valence-corrected chi connectivity index (χ4v) is 5.52. The second-order valence-corrected chi connectivity index (χ2v) is 9.81. The predicted molar refractivity (Wildman–Crippen MR) is 126 cm³/mol. The summed E-state index contributed by atoms with van der Waals surface area (Å²) in [7, 11) is -3.61. The van der Waals surface area contributed by atoms with Gasteiger partial charge in [-0.2, -0.15) is 9.88 Å². The van der Waals surface area contributed by atoms with Gasteiger partial charge in [-0.3, -0.25) is 9.36 Å². The highest BCUT2D eigenvalue weighted by Gasteiger charge is 2.37. The van der Waals surface area contributed by atoms with Crippen LogP contribution >= 0.6 is 30.5 Å². The number of hydrogen-bond donors (Lipinski definition) is 0. The Balaban J connectivity index is 2.04. The molecule has 7 heteroatoms. The maximum atomic E-state index is 14.3. The van der Waals surface area contributed by atoms with Crippen molar-refractivity contribution in [3.8, 4) is 0 Å². The van der Waals surface area contributed by atoms with E-state index in [0.29, 0.717) is 20.7 Å². The lowest BCUT2D eigenvalue weighted by Crippen LogP contribution is -2.32. The second-order valence-electron chi connectivity index (χ2n) is 6.37. The van der Waals surface area contributed by atoms with E-state index in [2.05, 4.69) is 5.10 Å². The van der Waals surface area contributed by atoms with Gasteiger partial charge in [-0.05, 0) is 60.2 Å². The SMILES string of the molecule is CC(=O)N(/N=C/C=C/c1ccccc1)P(=O)(c1ccc(Cl)cc1)c1ccc(Cl)cc1. The molecule has 4 nitrogen and oxygen atoms in total. The number of benzene rings is 3. The van der Waals surface area contributed by atoms with Gasteiger partial charge < -0.3 is 0 Å². The second kappa shape index (κ2) is 9.90. The minimum absolute atomic E-state index is 0.439. The zero-order chi connectivity index (χ0) is 21.6. The Morgan fingerprint density at radius 2 is 1.37 bits per heavy atom. The third-order valence-electron chi connectivity index (χ3n) is 4.25. The van der Waals surface area contributed by atoms with E-state index in [9.17, 15) is 9.36 Å². The summed E-state index contributed by atoms with van der Waals surface area (Å²) in [5.74, 6) is -0.451. The maximum Gasteiger partial charge on any atom is 0.251 e. The van der Waals surface area contributed by atoms with E-state index in [1.807, 2.05) is 36.4 Å². The molecule has 0 fully saturated rings. The minimum Gasteiger partial charge on any atom is -0.288 e. The van der Waals surface area contributed by atoms with Crippen LogP contribution in [-0.2, 0) is 9.36 Å². The lowest BCUT2D eigenvalue weighted by molar-refractivity contribution is -0.124. The van der Waals surface area contributed by atoms with Crippen molar-refractivity contribution in [3.63, 3.8) is 0 Å². The van der Waals surface area contributed by atoms with Crippen molar-refractivity contribution in [2.75, 3.05) is 0 Å². The van der Waals surface area contributed by atoms with E-state index in [0.717, 1.165) is 10.3 Å². The Hall–Kier alpha value is -2.65. The minimum atomic E-state index is -3.61. The lowest BCUT2D eigenvalue weighted by atomic mass is 10.2. The monoisotopic (exact) mass is 456 g/mol. The molecule has 0 unspecified atom stereocenters. The van der Waals surface area contributed by atoms with Crippen LogP contribution in [-0.4, -0.2) is 16.9 Å². The topological polar surface area (TPSA) is 49.7 Å². The molecule has 0 bridgehead atoms. The molecule has 0 aliphatic carbocycles. The number of hydrazone groups is 1. The first kappa shape index (κ1) is 22.0. The van der Waals surface area contributed by atoms with E-state index in [4.69, 9.17) is 23.2 Å². The van der Waals surface area contributed by atoms with Crippen LogP contribution in [0.4, 0.5) is 0 Å². The highest BCUT2D eigenvalue weighted by molar-refractivity contribution is 7.77. The van der Waals surface area contributed by atoms with Crippen molar-refractivity contribution in [2.24, 2.45) is 5.10 Å². The number of rotatable bonds is 6. The maximum absolute atomic E-state index is 14.3. The van der Waals surface area contributed by atoms with Gasteiger partial charge in [-0.1, -0.05) is 59.6 Å². The summed E-state index contributed by atoms with van der Waals surface area (Å²) in [6.45, 7) is 1.33. The average molecular weight is 457 g/mol. The highest BCUT2D eigenvalue weighted by atomic mass is 35.5. The zero-order valence-corrected chi connectivity index (χ0v) is 18.6. The Labute approximate surface area is 185 Å². The van der Waals surface area contributed by atoms with Gasteiger partial charge in [0, 0.05) is 33.8 Å². The normalized spacial score (nSPS) is 11.8. The van der Waals surface area contributed by atoms with Crippen LogP contribution in [0.2, 0.25) is 10.0 Å². The van der Waals surface area contributed by atoms with Gasteiger partial charge in [0.1, 0.15) is 0 Å². The molecule has 3 aromatic rings. The fourth-order valence-electron chi connectivity index (χ4n) is 2.83. The number of carbonyl (C=O) groups is 1.